The van der Waals surface area contributed by atoms with Gasteiger partial charge in [-0.2, -0.15) is 0 Å². The Morgan fingerprint density at radius 1 is 1.27 bits per heavy atom. The van der Waals surface area contributed by atoms with Crippen LogP contribution in [0.15, 0.2) is 0 Å². The predicted octanol–water partition coefficient (Wildman–Crippen LogP) is 1.41. The molecule has 1 aliphatic carbocycles. The fourth-order valence-corrected chi connectivity index (χ4v) is 3.37. The molecule has 1 spiro atoms. The number of imide groups is 1. The molecule has 1 saturated heterocycles. The third-order valence-electron chi connectivity index (χ3n) is 3.39. The van der Waals surface area contributed by atoms with Gasteiger partial charge in [-0.1, -0.05) is 20.8 Å². The topological polar surface area (TPSA) is 58.2 Å². The highest BCUT2D eigenvalue weighted by Gasteiger charge is 2.52. The number of urea groups is 1. The van der Waals surface area contributed by atoms with Crippen molar-refractivity contribution in [3.63, 3.8) is 0 Å². The summed E-state index contributed by atoms with van der Waals surface area (Å²) in [5.74, 6) is 0.324. The molecule has 2 unspecified atom stereocenters. The Hall–Kier alpha value is -1.06. The lowest BCUT2D eigenvalue weighted by atomic mass is 9.64. The highest BCUT2D eigenvalue weighted by atomic mass is 16.2. The van der Waals surface area contributed by atoms with E-state index in [4.69, 9.17) is 0 Å². The van der Waals surface area contributed by atoms with Gasteiger partial charge in [0, 0.05) is 0 Å². The van der Waals surface area contributed by atoms with E-state index in [9.17, 15) is 9.59 Å². The van der Waals surface area contributed by atoms with Crippen molar-refractivity contribution in [1.82, 2.24) is 10.6 Å². The van der Waals surface area contributed by atoms with Crippen molar-refractivity contribution in [1.29, 1.82) is 0 Å². The summed E-state index contributed by atoms with van der Waals surface area (Å²) in [7, 11) is 0. The summed E-state index contributed by atoms with van der Waals surface area (Å²) in [6.45, 7) is 6.45. The number of carbonyl (C=O) groups is 2. The number of rotatable bonds is 0. The average molecular weight is 210 g/mol. The molecule has 4 heteroatoms. The smallest absolute Gasteiger partial charge is 0.322 e. The van der Waals surface area contributed by atoms with Crippen LogP contribution in [0, 0.1) is 11.3 Å². The molecule has 2 N–H and O–H groups in total. The third kappa shape index (κ3) is 1.73. The van der Waals surface area contributed by atoms with Gasteiger partial charge in [-0.25, -0.2) is 4.79 Å². The molecule has 2 aliphatic rings. The first kappa shape index (κ1) is 10.5. The molecule has 1 aliphatic heterocycles. The van der Waals surface area contributed by atoms with Crippen LogP contribution in [0.2, 0.25) is 0 Å². The first-order valence-corrected chi connectivity index (χ1v) is 5.47. The first-order chi connectivity index (χ1) is 6.83. The second kappa shape index (κ2) is 2.97. The van der Waals surface area contributed by atoms with E-state index in [0.717, 1.165) is 19.3 Å². The van der Waals surface area contributed by atoms with Crippen molar-refractivity contribution in [3.05, 3.63) is 0 Å². The van der Waals surface area contributed by atoms with Crippen molar-refractivity contribution in [3.8, 4) is 0 Å². The Morgan fingerprint density at radius 3 is 2.40 bits per heavy atom. The fourth-order valence-electron chi connectivity index (χ4n) is 3.37. The number of carbonyl (C=O) groups excluding carboxylic acids is 2. The van der Waals surface area contributed by atoms with Crippen LogP contribution in [0.4, 0.5) is 4.79 Å². The first-order valence-electron chi connectivity index (χ1n) is 5.47. The molecule has 1 heterocycles. The van der Waals surface area contributed by atoms with Gasteiger partial charge in [-0.15, -0.1) is 0 Å². The molecular formula is C11H18N2O2. The van der Waals surface area contributed by atoms with Gasteiger partial charge >= 0.3 is 6.03 Å². The summed E-state index contributed by atoms with van der Waals surface area (Å²) in [6.07, 6.45) is 2.60. The largest absolute Gasteiger partial charge is 0.323 e. The molecule has 2 atom stereocenters. The fraction of sp³-hybridized carbons (Fsp3) is 0.818. The van der Waals surface area contributed by atoms with E-state index in [2.05, 4.69) is 31.4 Å². The van der Waals surface area contributed by atoms with Crippen LogP contribution in [0.25, 0.3) is 0 Å². The van der Waals surface area contributed by atoms with Crippen LogP contribution in [0.3, 0.4) is 0 Å². The molecule has 0 aromatic carbocycles. The van der Waals surface area contributed by atoms with Crippen molar-refractivity contribution >= 4 is 11.9 Å². The van der Waals surface area contributed by atoms with Crippen LogP contribution >= 0.6 is 0 Å². The summed E-state index contributed by atoms with van der Waals surface area (Å²) in [5.41, 5.74) is -0.523. The van der Waals surface area contributed by atoms with Gasteiger partial charge in [0.25, 0.3) is 5.91 Å². The van der Waals surface area contributed by atoms with Gasteiger partial charge < -0.3 is 5.32 Å². The Bertz CT molecular complexity index is 325. The highest BCUT2D eigenvalue weighted by molar-refractivity contribution is 6.07. The third-order valence-corrected chi connectivity index (χ3v) is 3.39. The number of nitrogens with one attached hydrogen (secondary N) is 2. The summed E-state index contributed by atoms with van der Waals surface area (Å²) in [4.78, 5) is 23.0. The molecule has 84 valence electrons. The Labute approximate surface area is 89.8 Å². The number of hydrogen-bond donors (Lipinski definition) is 2. The van der Waals surface area contributed by atoms with Crippen molar-refractivity contribution in [2.24, 2.45) is 11.3 Å². The minimum Gasteiger partial charge on any atom is -0.323 e. The summed E-state index contributed by atoms with van der Waals surface area (Å²) in [6, 6.07) is -0.343. The molecule has 0 aromatic heterocycles. The van der Waals surface area contributed by atoms with E-state index in [1.165, 1.54) is 0 Å². The van der Waals surface area contributed by atoms with Gasteiger partial charge in [-0.3, -0.25) is 10.1 Å². The van der Waals surface area contributed by atoms with Crippen molar-refractivity contribution < 1.29 is 9.59 Å². The Balaban J connectivity index is 2.28. The molecule has 4 nitrogen and oxygen atoms in total. The van der Waals surface area contributed by atoms with Gasteiger partial charge in [0.2, 0.25) is 0 Å². The number of hydrogen-bond acceptors (Lipinski definition) is 2. The van der Waals surface area contributed by atoms with Crippen LogP contribution in [0.1, 0.15) is 40.0 Å². The molecule has 0 aromatic rings. The highest BCUT2D eigenvalue weighted by Crippen LogP contribution is 2.44. The zero-order valence-electron chi connectivity index (χ0n) is 9.52. The standard InChI is InChI=1S/C11H18N2O2/c1-7-4-10(2,3)6-11(5-7)8(14)12-9(15)13-11/h7H,4-6H2,1-3H3,(H2,12,13,14,15). The monoisotopic (exact) mass is 210 g/mol. The van der Waals surface area contributed by atoms with E-state index < -0.39 is 5.54 Å². The van der Waals surface area contributed by atoms with E-state index >= 15 is 0 Å². The van der Waals surface area contributed by atoms with Crippen LogP contribution in [0.5, 0.6) is 0 Å². The zero-order valence-corrected chi connectivity index (χ0v) is 9.52. The summed E-state index contributed by atoms with van der Waals surface area (Å²) in [5, 5.41) is 5.15. The van der Waals surface area contributed by atoms with Gasteiger partial charge in [0.05, 0.1) is 0 Å². The maximum Gasteiger partial charge on any atom is 0.322 e. The van der Waals surface area contributed by atoms with Gasteiger partial charge in [-0.05, 0) is 30.6 Å². The number of amides is 3. The van der Waals surface area contributed by atoms with E-state index in [-0.39, 0.29) is 17.4 Å². The minimum atomic E-state index is -0.641. The second-order valence-corrected chi connectivity index (χ2v) is 5.84. The van der Waals surface area contributed by atoms with E-state index in [1.54, 1.807) is 0 Å². The Kier molecular flexibility index (Phi) is 2.07. The second-order valence-electron chi connectivity index (χ2n) is 5.84. The Morgan fingerprint density at radius 2 is 1.93 bits per heavy atom. The van der Waals surface area contributed by atoms with Crippen LogP contribution in [-0.4, -0.2) is 17.5 Å². The van der Waals surface area contributed by atoms with Crippen LogP contribution in [-0.2, 0) is 4.79 Å². The lowest BCUT2D eigenvalue weighted by Crippen LogP contribution is -2.54. The molecule has 3 amide bonds. The lowest BCUT2D eigenvalue weighted by molar-refractivity contribution is -0.127. The maximum atomic E-state index is 11.8. The zero-order chi connectivity index (χ0) is 11.3. The minimum absolute atomic E-state index is 0.118. The maximum absolute atomic E-state index is 11.8. The van der Waals surface area contributed by atoms with Crippen LogP contribution < -0.4 is 10.6 Å². The molecule has 2 fully saturated rings. The quantitative estimate of drug-likeness (QED) is 0.594. The van der Waals surface area contributed by atoms with Gasteiger partial charge in [0.1, 0.15) is 5.54 Å². The SMILES string of the molecule is CC1CC(C)(C)CC2(C1)NC(=O)NC2=O. The van der Waals surface area contributed by atoms with E-state index in [0.29, 0.717) is 5.92 Å². The average Bonchev–Trinajstić information content (AvgIpc) is 2.20. The molecule has 0 radical (unpaired) electrons. The molecule has 0 bridgehead atoms. The molecule has 15 heavy (non-hydrogen) atoms. The van der Waals surface area contributed by atoms with Crippen molar-refractivity contribution in [2.75, 3.05) is 0 Å². The molecule has 1 saturated carbocycles. The van der Waals surface area contributed by atoms with Crippen molar-refractivity contribution in [2.45, 2.75) is 45.6 Å². The summed E-state index contributed by atoms with van der Waals surface area (Å²) < 4.78 is 0. The summed E-state index contributed by atoms with van der Waals surface area (Å²) >= 11 is 0. The predicted molar refractivity (Wildman–Crippen MR) is 56.2 cm³/mol. The van der Waals surface area contributed by atoms with Gasteiger partial charge in [0.15, 0.2) is 0 Å². The molecule has 2 rings (SSSR count). The lowest BCUT2D eigenvalue weighted by Gasteiger charge is -2.43. The molecular weight excluding hydrogens is 192 g/mol. The van der Waals surface area contributed by atoms with E-state index in [1.807, 2.05) is 0 Å². The normalized spacial score (nSPS) is 39.0.